The van der Waals surface area contributed by atoms with Crippen LogP contribution >= 0.6 is 15.9 Å². The summed E-state index contributed by atoms with van der Waals surface area (Å²) in [6.07, 6.45) is 1.50. The molecule has 9 heteroatoms. The summed E-state index contributed by atoms with van der Waals surface area (Å²) in [6.45, 7) is 3.67. The van der Waals surface area contributed by atoms with Gasteiger partial charge in [0.05, 0.1) is 11.2 Å². The minimum Gasteiger partial charge on any atom is -0.459 e. The number of nitrogens with zero attached hydrogens (tertiary/aromatic N) is 3. The second kappa shape index (κ2) is 9.17. The Bertz CT molecular complexity index is 1310. The number of halogens is 1. The van der Waals surface area contributed by atoms with Crippen LogP contribution in [0, 0.1) is 0 Å². The van der Waals surface area contributed by atoms with Crippen molar-refractivity contribution < 1.29 is 17.3 Å². The van der Waals surface area contributed by atoms with Crippen molar-refractivity contribution in [2.75, 3.05) is 31.1 Å². The Hall–Kier alpha value is -2.88. The van der Waals surface area contributed by atoms with E-state index in [2.05, 4.69) is 37.9 Å². The summed E-state index contributed by atoms with van der Waals surface area (Å²) in [5.74, 6) is 0.789. The lowest BCUT2D eigenvalue weighted by Crippen LogP contribution is -2.46. The molecule has 0 spiro atoms. The number of sulfone groups is 1. The first-order valence-corrected chi connectivity index (χ1v) is 12.8. The molecule has 1 aliphatic heterocycles. The van der Waals surface area contributed by atoms with Gasteiger partial charge in [0.1, 0.15) is 0 Å². The summed E-state index contributed by atoms with van der Waals surface area (Å²) in [4.78, 5) is 8.83. The summed E-state index contributed by atoms with van der Waals surface area (Å²) < 4.78 is 39.2. The molecule has 2 aromatic carbocycles. The van der Waals surface area contributed by atoms with Crippen LogP contribution in [0.4, 0.5) is 5.88 Å². The molecule has 4 aromatic rings. The van der Waals surface area contributed by atoms with Gasteiger partial charge in [0.25, 0.3) is 5.89 Å². The van der Waals surface area contributed by atoms with Crippen molar-refractivity contribution in [3.05, 3.63) is 83.0 Å². The van der Waals surface area contributed by atoms with Crippen molar-refractivity contribution in [3.8, 4) is 11.7 Å². The Kier molecular flexibility index (Phi) is 6.09. The van der Waals surface area contributed by atoms with Gasteiger partial charge in [-0.25, -0.2) is 8.42 Å². The molecular formula is C24H22BrN3O4S. The van der Waals surface area contributed by atoms with E-state index in [1.165, 1.54) is 11.8 Å². The van der Waals surface area contributed by atoms with Crippen molar-refractivity contribution in [1.29, 1.82) is 0 Å². The number of oxazole rings is 1. The van der Waals surface area contributed by atoms with Crippen LogP contribution in [0.15, 0.2) is 96.2 Å². The van der Waals surface area contributed by atoms with Gasteiger partial charge in [0, 0.05) is 37.2 Å². The zero-order valence-corrected chi connectivity index (χ0v) is 20.1. The largest absolute Gasteiger partial charge is 0.459 e. The van der Waals surface area contributed by atoms with Gasteiger partial charge in [-0.1, -0.05) is 46.3 Å². The molecule has 0 saturated carbocycles. The lowest BCUT2D eigenvalue weighted by molar-refractivity contribution is 0.245. The number of rotatable bonds is 6. The van der Waals surface area contributed by atoms with Gasteiger partial charge in [-0.2, -0.15) is 4.98 Å². The Labute approximate surface area is 200 Å². The topological polar surface area (TPSA) is 79.8 Å². The third-order valence-electron chi connectivity index (χ3n) is 5.60. The summed E-state index contributed by atoms with van der Waals surface area (Å²) in [5, 5.41) is -0.0901. The molecule has 0 N–H and O–H groups in total. The minimum absolute atomic E-state index is 0.0901. The average molecular weight is 528 g/mol. The van der Waals surface area contributed by atoms with Crippen LogP contribution in [-0.2, 0) is 16.4 Å². The van der Waals surface area contributed by atoms with E-state index >= 15 is 0 Å². The van der Waals surface area contributed by atoms with E-state index in [1.807, 2.05) is 23.1 Å². The lowest BCUT2D eigenvalue weighted by atomic mass is 10.2. The summed E-state index contributed by atoms with van der Waals surface area (Å²) >= 11 is 3.35. The van der Waals surface area contributed by atoms with Crippen LogP contribution < -0.4 is 4.90 Å². The van der Waals surface area contributed by atoms with Crippen LogP contribution in [-0.4, -0.2) is 44.5 Å². The standard InChI is InChI=1S/C24H22BrN3O4S/c25-19-8-10-20(11-9-19)33(29,30)23-24(32-22(26-23)21-7-4-16-31-21)28-14-12-27(13-15-28)17-18-5-2-1-3-6-18/h1-11,16H,12-15,17H2. The van der Waals surface area contributed by atoms with Crippen LogP contribution in [0.1, 0.15) is 5.56 Å². The van der Waals surface area contributed by atoms with Crippen LogP contribution in [0.5, 0.6) is 0 Å². The van der Waals surface area contributed by atoms with E-state index in [0.29, 0.717) is 18.8 Å². The van der Waals surface area contributed by atoms with Crippen molar-refractivity contribution in [3.63, 3.8) is 0 Å². The lowest BCUT2D eigenvalue weighted by Gasteiger charge is -2.34. The molecular weight excluding hydrogens is 506 g/mol. The SMILES string of the molecule is O=S(=O)(c1ccc(Br)cc1)c1nc(-c2ccco2)oc1N1CCN(Cc2ccccc2)CC1. The van der Waals surface area contributed by atoms with Gasteiger partial charge in [0.15, 0.2) is 5.76 Å². The molecule has 0 atom stereocenters. The number of hydrogen-bond donors (Lipinski definition) is 0. The van der Waals surface area contributed by atoms with E-state index in [1.54, 1.807) is 36.4 Å². The molecule has 3 heterocycles. The fourth-order valence-electron chi connectivity index (χ4n) is 3.85. The van der Waals surface area contributed by atoms with E-state index < -0.39 is 9.84 Å². The number of aromatic nitrogens is 1. The second-order valence-electron chi connectivity index (χ2n) is 7.81. The molecule has 33 heavy (non-hydrogen) atoms. The molecule has 1 aliphatic rings. The number of hydrogen-bond acceptors (Lipinski definition) is 7. The number of benzene rings is 2. The van der Waals surface area contributed by atoms with Crippen molar-refractivity contribution in [2.45, 2.75) is 16.5 Å². The zero-order valence-electron chi connectivity index (χ0n) is 17.7. The Balaban J connectivity index is 1.44. The Morgan fingerprint density at radius 3 is 2.30 bits per heavy atom. The van der Waals surface area contributed by atoms with Gasteiger partial charge >= 0.3 is 0 Å². The minimum atomic E-state index is -3.89. The first-order chi connectivity index (χ1) is 16.0. The molecule has 0 radical (unpaired) electrons. The quantitative estimate of drug-likeness (QED) is 0.354. The zero-order chi connectivity index (χ0) is 22.8. The predicted octanol–water partition coefficient (Wildman–Crippen LogP) is 4.85. The highest BCUT2D eigenvalue weighted by Gasteiger charge is 2.33. The first-order valence-electron chi connectivity index (χ1n) is 10.6. The van der Waals surface area contributed by atoms with Gasteiger partial charge < -0.3 is 13.7 Å². The monoisotopic (exact) mass is 527 g/mol. The molecule has 0 aliphatic carbocycles. The maximum absolute atomic E-state index is 13.5. The molecule has 170 valence electrons. The molecule has 0 amide bonds. The van der Waals surface area contributed by atoms with Crippen molar-refractivity contribution in [2.24, 2.45) is 0 Å². The Morgan fingerprint density at radius 2 is 1.64 bits per heavy atom. The fourth-order valence-corrected chi connectivity index (χ4v) is 5.44. The predicted molar refractivity (Wildman–Crippen MR) is 128 cm³/mol. The third-order valence-corrected chi connectivity index (χ3v) is 7.79. The maximum atomic E-state index is 13.5. The summed E-state index contributed by atoms with van der Waals surface area (Å²) in [7, 11) is -3.89. The maximum Gasteiger partial charge on any atom is 0.266 e. The fraction of sp³-hybridized carbons (Fsp3) is 0.208. The van der Waals surface area contributed by atoms with Crippen molar-refractivity contribution in [1.82, 2.24) is 9.88 Å². The van der Waals surface area contributed by atoms with Gasteiger partial charge in [0.2, 0.25) is 20.7 Å². The molecule has 7 nitrogen and oxygen atoms in total. The molecule has 5 rings (SSSR count). The first kappa shape index (κ1) is 21.9. The smallest absolute Gasteiger partial charge is 0.266 e. The van der Waals surface area contributed by atoms with Crippen LogP contribution in [0.25, 0.3) is 11.7 Å². The van der Waals surface area contributed by atoms with Crippen LogP contribution in [0.2, 0.25) is 0 Å². The number of piperazine rings is 1. The molecule has 2 aromatic heterocycles. The summed E-state index contributed by atoms with van der Waals surface area (Å²) in [5.41, 5.74) is 1.25. The Morgan fingerprint density at radius 1 is 0.909 bits per heavy atom. The molecule has 1 saturated heterocycles. The van der Waals surface area contributed by atoms with E-state index in [0.717, 1.165) is 24.1 Å². The highest BCUT2D eigenvalue weighted by Crippen LogP contribution is 2.35. The van der Waals surface area contributed by atoms with Gasteiger partial charge in [-0.3, -0.25) is 4.90 Å². The highest BCUT2D eigenvalue weighted by molar-refractivity contribution is 9.10. The van der Waals surface area contributed by atoms with Crippen LogP contribution in [0.3, 0.4) is 0 Å². The van der Waals surface area contributed by atoms with E-state index in [9.17, 15) is 8.42 Å². The number of anilines is 1. The molecule has 1 fully saturated rings. The van der Waals surface area contributed by atoms with E-state index in [-0.39, 0.29) is 21.7 Å². The van der Waals surface area contributed by atoms with Gasteiger partial charge in [-0.15, -0.1) is 0 Å². The third kappa shape index (κ3) is 4.62. The highest BCUT2D eigenvalue weighted by atomic mass is 79.9. The molecule has 0 unspecified atom stereocenters. The molecule has 0 bridgehead atoms. The van der Waals surface area contributed by atoms with E-state index in [4.69, 9.17) is 8.83 Å². The second-order valence-corrected chi connectivity index (χ2v) is 10.6. The normalized spacial score (nSPS) is 15.1. The summed E-state index contributed by atoms with van der Waals surface area (Å²) in [6, 6.07) is 20.2. The van der Waals surface area contributed by atoms with Crippen molar-refractivity contribution >= 4 is 31.7 Å². The average Bonchev–Trinajstić information content (AvgIpc) is 3.51. The van der Waals surface area contributed by atoms with Gasteiger partial charge in [-0.05, 0) is 42.0 Å². The number of furan rings is 1.